The number of rotatable bonds is 8. The first-order valence-corrected chi connectivity index (χ1v) is 11.0. The van der Waals surface area contributed by atoms with E-state index >= 15 is 0 Å². The molecule has 4 rings (SSSR count). The highest BCUT2D eigenvalue weighted by Crippen LogP contribution is 2.43. The average molecular weight is 476 g/mol. The highest BCUT2D eigenvalue weighted by atomic mass is 19.4. The number of halogens is 4. The Bertz CT molecular complexity index is 1290. The number of fused-ring (bicyclic) bond motifs is 1. The van der Waals surface area contributed by atoms with Crippen molar-refractivity contribution in [3.63, 3.8) is 0 Å². The number of aromatic nitrogens is 3. The molecule has 1 fully saturated rings. The number of H-pyrrole nitrogens is 1. The fourth-order valence-electron chi connectivity index (χ4n) is 4.14. The second kappa shape index (κ2) is 9.10. The molecule has 0 saturated heterocycles. The maximum Gasteiger partial charge on any atom is 0.408 e. The van der Waals surface area contributed by atoms with Gasteiger partial charge in [0.15, 0.2) is 5.82 Å². The molecule has 2 atom stereocenters. The molecule has 1 unspecified atom stereocenters. The Morgan fingerprint density at radius 3 is 2.62 bits per heavy atom. The normalized spacial score (nSPS) is 15.9. The monoisotopic (exact) mass is 476 g/mol. The molecule has 3 N–H and O–H groups in total. The predicted octanol–water partition coefficient (Wildman–Crippen LogP) is 5.07. The van der Waals surface area contributed by atoms with Crippen molar-refractivity contribution in [3.8, 4) is 6.07 Å². The van der Waals surface area contributed by atoms with E-state index in [2.05, 4.69) is 26.8 Å². The van der Waals surface area contributed by atoms with Crippen LogP contribution in [0.25, 0.3) is 10.9 Å². The van der Waals surface area contributed by atoms with Gasteiger partial charge in [0.25, 0.3) is 5.56 Å². The molecular formula is C23H24F4N6O. The van der Waals surface area contributed by atoms with Crippen LogP contribution in [0.15, 0.2) is 35.3 Å². The van der Waals surface area contributed by atoms with Crippen molar-refractivity contribution in [3.05, 3.63) is 52.2 Å². The minimum Gasteiger partial charge on any atom is -0.338 e. The molecule has 34 heavy (non-hydrogen) atoms. The van der Waals surface area contributed by atoms with Gasteiger partial charge in [-0.25, -0.2) is 4.39 Å². The zero-order valence-electron chi connectivity index (χ0n) is 18.6. The molecule has 180 valence electrons. The Balaban J connectivity index is 1.71. The van der Waals surface area contributed by atoms with Crippen molar-refractivity contribution in [1.82, 2.24) is 20.1 Å². The fraction of sp³-hybridized carbons (Fsp3) is 0.435. The number of alkyl halides is 3. The molecule has 1 aliphatic carbocycles. The van der Waals surface area contributed by atoms with Crippen molar-refractivity contribution in [2.24, 2.45) is 5.92 Å². The Labute approximate surface area is 192 Å². The van der Waals surface area contributed by atoms with Crippen LogP contribution < -0.4 is 16.2 Å². The molecule has 0 radical (unpaired) electrons. The highest BCUT2D eigenvalue weighted by molar-refractivity contribution is 5.91. The summed E-state index contributed by atoms with van der Waals surface area (Å²) in [6.07, 6.45) is -1.07. The Kier molecular flexibility index (Phi) is 6.36. The number of benzene rings is 1. The molecule has 11 heteroatoms. The van der Waals surface area contributed by atoms with Crippen molar-refractivity contribution in [1.29, 1.82) is 5.26 Å². The SMILES string of the molecule is CC(C)N[C@H](c1ccc(Nc2nn(C(CC#N)C3CC3)c3cc[nH]c(=O)c23)cc1F)C(F)(F)F. The third-order valence-electron chi connectivity index (χ3n) is 5.81. The quantitative estimate of drug-likeness (QED) is 0.394. The zero-order chi connectivity index (χ0) is 24.6. The molecule has 1 aromatic carbocycles. The fourth-order valence-corrected chi connectivity index (χ4v) is 4.14. The van der Waals surface area contributed by atoms with Gasteiger partial charge in [-0.2, -0.15) is 23.5 Å². The van der Waals surface area contributed by atoms with Gasteiger partial charge in [-0.05, 0) is 37.0 Å². The van der Waals surface area contributed by atoms with Gasteiger partial charge in [0.2, 0.25) is 0 Å². The third-order valence-corrected chi connectivity index (χ3v) is 5.81. The van der Waals surface area contributed by atoms with Gasteiger partial charge in [-0.1, -0.05) is 19.9 Å². The Morgan fingerprint density at radius 2 is 2.03 bits per heavy atom. The van der Waals surface area contributed by atoms with Crippen molar-refractivity contribution in [2.75, 3.05) is 5.32 Å². The number of aromatic amines is 1. The third kappa shape index (κ3) is 4.77. The number of pyridine rings is 1. The van der Waals surface area contributed by atoms with Gasteiger partial charge >= 0.3 is 6.18 Å². The van der Waals surface area contributed by atoms with E-state index in [1.54, 1.807) is 24.6 Å². The molecule has 0 spiro atoms. The van der Waals surface area contributed by atoms with Gasteiger partial charge in [0, 0.05) is 23.5 Å². The summed E-state index contributed by atoms with van der Waals surface area (Å²) in [5, 5.41) is 19.2. The molecule has 2 aromatic heterocycles. The molecule has 3 aromatic rings. The topological polar surface area (TPSA) is 98.5 Å². The Hall–Kier alpha value is -3.39. The molecule has 1 saturated carbocycles. The van der Waals surface area contributed by atoms with E-state index in [0.29, 0.717) is 5.52 Å². The van der Waals surface area contributed by atoms with E-state index in [-0.39, 0.29) is 35.3 Å². The van der Waals surface area contributed by atoms with Crippen LogP contribution >= 0.6 is 0 Å². The summed E-state index contributed by atoms with van der Waals surface area (Å²) in [6.45, 7) is 3.10. The largest absolute Gasteiger partial charge is 0.408 e. The zero-order valence-corrected chi connectivity index (χ0v) is 18.6. The maximum atomic E-state index is 14.8. The van der Waals surface area contributed by atoms with Crippen molar-refractivity contribution >= 4 is 22.4 Å². The lowest BCUT2D eigenvalue weighted by Gasteiger charge is -2.25. The van der Waals surface area contributed by atoms with E-state index in [4.69, 9.17) is 0 Å². The van der Waals surface area contributed by atoms with E-state index < -0.39 is 35.2 Å². The van der Waals surface area contributed by atoms with Gasteiger partial charge < -0.3 is 15.6 Å². The van der Waals surface area contributed by atoms with E-state index in [1.165, 1.54) is 12.3 Å². The van der Waals surface area contributed by atoms with E-state index in [1.807, 2.05) is 0 Å². The van der Waals surface area contributed by atoms with Crippen LogP contribution in [0.1, 0.15) is 50.8 Å². The first kappa shape index (κ1) is 23.8. The molecule has 2 heterocycles. The number of nitrogens with one attached hydrogen (secondary N) is 3. The van der Waals surface area contributed by atoms with Crippen LogP contribution in [0.2, 0.25) is 0 Å². The first-order chi connectivity index (χ1) is 16.1. The summed E-state index contributed by atoms with van der Waals surface area (Å²) in [5.74, 6) is -0.627. The van der Waals surface area contributed by atoms with Crippen LogP contribution in [0.4, 0.5) is 29.1 Å². The first-order valence-electron chi connectivity index (χ1n) is 11.0. The highest BCUT2D eigenvalue weighted by Gasteiger charge is 2.42. The standard InChI is InChI=1S/C23H24F4N6O/c1-12(2)30-20(23(25,26)27)15-6-5-14(11-16(15)24)31-21-19-18(8-10-29-22(19)34)33(32-21)17(7-9-28)13-3-4-13/h5-6,8,10-13,17,20,30H,3-4,7H2,1-2H3,(H,29,34)(H,31,32)/t17?,20-/m1/s1. The van der Waals surface area contributed by atoms with Gasteiger partial charge in [0.1, 0.15) is 17.2 Å². The molecule has 0 amide bonds. The van der Waals surface area contributed by atoms with E-state index in [0.717, 1.165) is 25.0 Å². The summed E-state index contributed by atoms with van der Waals surface area (Å²) in [7, 11) is 0. The summed E-state index contributed by atoms with van der Waals surface area (Å²) >= 11 is 0. The molecule has 0 bridgehead atoms. The second-order valence-electron chi connectivity index (χ2n) is 8.78. The number of nitriles is 1. The lowest BCUT2D eigenvalue weighted by molar-refractivity contribution is -0.159. The minimum atomic E-state index is -4.68. The maximum absolute atomic E-state index is 14.8. The molecule has 1 aliphatic rings. The predicted molar refractivity (Wildman–Crippen MR) is 119 cm³/mol. The molecule has 0 aliphatic heterocycles. The average Bonchev–Trinajstić information content (AvgIpc) is 3.52. The van der Waals surface area contributed by atoms with E-state index in [9.17, 15) is 27.6 Å². The molecule has 7 nitrogen and oxygen atoms in total. The Morgan fingerprint density at radius 1 is 1.29 bits per heavy atom. The lowest BCUT2D eigenvalue weighted by Crippen LogP contribution is -2.38. The number of nitrogens with zero attached hydrogens (tertiary/aromatic N) is 3. The van der Waals surface area contributed by atoms with Crippen LogP contribution in [0, 0.1) is 23.1 Å². The number of hydrogen-bond donors (Lipinski definition) is 3. The van der Waals surface area contributed by atoms with Gasteiger partial charge in [-0.15, -0.1) is 0 Å². The van der Waals surface area contributed by atoms with Crippen molar-refractivity contribution in [2.45, 2.75) is 57.4 Å². The summed E-state index contributed by atoms with van der Waals surface area (Å²) in [4.78, 5) is 15.1. The lowest BCUT2D eigenvalue weighted by atomic mass is 10.0. The summed E-state index contributed by atoms with van der Waals surface area (Å²) < 4.78 is 57.0. The van der Waals surface area contributed by atoms with Crippen LogP contribution in [-0.2, 0) is 0 Å². The van der Waals surface area contributed by atoms with Gasteiger partial charge in [0.05, 0.1) is 24.0 Å². The summed E-state index contributed by atoms with van der Waals surface area (Å²) in [5.41, 5.74) is -0.283. The summed E-state index contributed by atoms with van der Waals surface area (Å²) in [6, 6.07) is 4.29. The molecular weight excluding hydrogens is 452 g/mol. The minimum absolute atomic E-state index is 0.139. The smallest absolute Gasteiger partial charge is 0.338 e. The van der Waals surface area contributed by atoms with Crippen molar-refractivity contribution < 1.29 is 17.6 Å². The van der Waals surface area contributed by atoms with Gasteiger partial charge in [-0.3, -0.25) is 9.48 Å². The second-order valence-corrected chi connectivity index (χ2v) is 8.78. The number of anilines is 2. The number of hydrogen-bond acceptors (Lipinski definition) is 5. The van der Waals surface area contributed by atoms with Crippen LogP contribution in [-0.4, -0.2) is 27.0 Å². The van der Waals surface area contributed by atoms with Crippen LogP contribution in [0.3, 0.4) is 0 Å². The van der Waals surface area contributed by atoms with Crippen LogP contribution in [0.5, 0.6) is 0 Å².